The van der Waals surface area contributed by atoms with Crippen molar-refractivity contribution in [1.29, 1.82) is 0 Å². The van der Waals surface area contributed by atoms with E-state index in [2.05, 4.69) is 32.9 Å². The molecule has 3 aliphatic rings. The number of nitrogens with one attached hydrogen (secondary N) is 2. The molecular formula is C30H38Cl2FN7O. The Morgan fingerprint density at radius 1 is 1.02 bits per heavy atom. The summed E-state index contributed by atoms with van der Waals surface area (Å²) in [6.07, 6.45) is 13.2. The van der Waals surface area contributed by atoms with E-state index in [1.165, 1.54) is 48.7 Å². The maximum atomic E-state index is 15.4. The molecule has 6 atom stereocenters. The number of rotatable bonds is 3. The van der Waals surface area contributed by atoms with E-state index in [0.29, 0.717) is 35.5 Å². The summed E-state index contributed by atoms with van der Waals surface area (Å²) in [6.45, 7) is 4.43. The fourth-order valence-corrected chi connectivity index (χ4v) is 7.73. The van der Waals surface area contributed by atoms with Crippen molar-refractivity contribution in [2.45, 2.75) is 82.8 Å². The van der Waals surface area contributed by atoms with Crippen molar-refractivity contribution in [1.82, 2.24) is 35.2 Å². The molecule has 1 saturated carbocycles. The first-order valence-electron chi connectivity index (χ1n) is 15.0. The number of halogens is 3. The molecule has 0 amide bonds. The molecule has 1 aliphatic carbocycles. The smallest absolute Gasteiger partial charge is 0.254 e. The minimum absolute atomic E-state index is 0.0614. The largest absolute Gasteiger partial charge is 0.312 e. The number of hydrogen-bond donors (Lipinski definition) is 2. The van der Waals surface area contributed by atoms with Gasteiger partial charge in [-0.1, -0.05) is 48.2 Å². The topological polar surface area (TPSA) is 89.7 Å². The van der Waals surface area contributed by atoms with Gasteiger partial charge in [0.1, 0.15) is 0 Å². The first-order valence-corrected chi connectivity index (χ1v) is 15.8. The Hall–Kier alpha value is -2.33. The molecule has 4 unspecified atom stereocenters. The van der Waals surface area contributed by atoms with Gasteiger partial charge >= 0.3 is 0 Å². The second kappa shape index (κ2) is 12.5. The number of hydrogen-bond acceptors (Lipinski definition) is 6. The van der Waals surface area contributed by atoms with Crippen molar-refractivity contribution in [3.8, 4) is 16.9 Å². The Balaban J connectivity index is 1.34. The molecule has 0 radical (unpaired) electrons. The standard InChI is InChI=1S/C30H38Cl2FN7O/c1-18-5-2-9-24(19-6-3-7-20(13-19)30-22(35-15-18)8-4-12-34-30)39-17-36-23(14-27(39)41)28-25(11-10-21(31)29(28)33)40-16-26(32)37-38-40/h10-11,14,16-20,22,24,30,34-35H,2-9,12-13,15H2,1H3/t18-,19?,20?,22?,24+,30?/m1/s1. The predicted molar refractivity (Wildman–Crippen MR) is 159 cm³/mol. The van der Waals surface area contributed by atoms with Crippen molar-refractivity contribution in [3.63, 3.8) is 0 Å². The Bertz CT molecular complexity index is 1430. The molecule has 2 N–H and O–H groups in total. The van der Waals surface area contributed by atoms with Crippen LogP contribution in [0.4, 0.5) is 4.39 Å². The molecule has 2 aliphatic heterocycles. The molecule has 11 heteroatoms. The average molecular weight is 603 g/mol. The van der Waals surface area contributed by atoms with Crippen LogP contribution in [0.5, 0.6) is 0 Å². The minimum Gasteiger partial charge on any atom is -0.312 e. The van der Waals surface area contributed by atoms with Crippen LogP contribution < -0.4 is 16.2 Å². The lowest BCUT2D eigenvalue weighted by Crippen LogP contribution is -2.57. The zero-order chi connectivity index (χ0) is 28.5. The van der Waals surface area contributed by atoms with Crippen LogP contribution in [0.3, 0.4) is 0 Å². The van der Waals surface area contributed by atoms with Gasteiger partial charge in [-0.25, -0.2) is 14.1 Å². The number of piperidine rings is 1. The summed E-state index contributed by atoms with van der Waals surface area (Å²) in [5.41, 5.74) is 0.473. The summed E-state index contributed by atoms with van der Waals surface area (Å²) in [4.78, 5) is 18.4. The first kappa shape index (κ1) is 28.8. The molecular weight excluding hydrogens is 564 g/mol. The molecule has 1 aromatic carbocycles. The highest BCUT2D eigenvalue weighted by Gasteiger charge is 2.38. The van der Waals surface area contributed by atoms with E-state index in [-0.39, 0.29) is 33.0 Å². The number of nitrogens with zero attached hydrogens (tertiary/aromatic N) is 5. The van der Waals surface area contributed by atoms with Gasteiger partial charge in [-0.05, 0) is 87.9 Å². The Kier molecular flexibility index (Phi) is 8.77. The van der Waals surface area contributed by atoms with Crippen LogP contribution in [0.1, 0.15) is 70.8 Å². The summed E-state index contributed by atoms with van der Waals surface area (Å²) in [7, 11) is 0. The molecule has 220 valence electrons. The Morgan fingerprint density at radius 3 is 2.66 bits per heavy atom. The van der Waals surface area contributed by atoms with Crippen LogP contribution in [-0.2, 0) is 0 Å². The molecule has 4 heterocycles. The molecule has 41 heavy (non-hydrogen) atoms. The van der Waals surface area contributed by atoms with E-state index in [1.54, 1.807) is 12.4 Å². The zero-order valence-electron chi connectivity index (χ0n) is 23.4. The lowest BCUT2D eigenvalue weighted by molar-refractivity contribution is 0.121. The molecule has 3 aromatic rings. The van der Waals surface area contributed by atoms with E-state index in [1.807, 2.05) is 4.57 Å². The molecule has 3 fully saturated rings. The van der Waals surface area contributed by atoms with Gasteiger partial charge in [-0.2, -0.15) is 0 Å². The number of benzene rings is 1. The van der Waals surface area contributed by atoms with E-state index in [0.717, 1.165) is 45.2 Å². The molecule has 2 bridgehead atoms. The van der Waals surface area contributed by atoms with E-state index in [4.69, 9.17) is 23.2 Å². The quantitative estimate of drug-likeness (QED) is 0.393. The maximum Gasteiger partial charge on any atom is 0.254 e. The van der Waals surface area contributed by atoms with Gasteiger partial charge in [-0.15, -0.1) is 5.10 Å². The zero-order valence-corrected chi connectivity index (χ0v) is 24.9. The average Bonchev–Trinajstić information content (AvgIpc) is 3.41. The third kappa shape index (κ3) is 6.10. The SMILES string of the molecule is C[C@@H]1CCC[C@H](n2cnc(-c3c(-n4cc(Cl)nn4)ccc(Cl)c3F)cc2=O)C2CCCC(C2)C2NCCCC2NC1. The highest BCUT2D eigenvalue weighted by atomic mass is 35.5. The maximum absolute atomic E-state index is 15.4. The van der Waals surface area contributed by atoms with Crippen LogP contribution in [0.15, 0.2) is 35.5 Å². The van der Waals surface area contributed by atoms with E-state index in [9.17, 15) is 4.79 Å². The van der Waals surface area contributed by atoms with Crippen molar-refractivity contribution in [2.24, 2.45) is 17.8 Å². The number of fused-ring (bicyclic) bond motifs is 4. The van der Waals surface area contributed by atoms with Crippen LogP contribution in [-0.4, -0.2) is 49.7 Å². The third-order valence-corrected chi connectivity index (χ3v) is 9.94. The summed E-state index contributed by atoms with van der Waals surface area (Å²) >= 11 is 12.1. The van der Waals surface area contributed by atoms with Gasteiger partial charge in [0.15, 0.2) is 11.0 Å². The van der Waals surface area contributed by atoms with Gasteiger partial charge in [-0.3, -0.25) is 9.36 Å². The van der Waals surface area contributed by atoms with Crippen molar-refractivity contribution in [2.75, 3.05) is 13.1 Å². The molecule has 6 rings (SSSR count). The van der Waals surface area contributed by atoms with Crippen molar-refractivity contribution < 1.29 is 4.39 Å². The molecule has 8 nitrogen and oxygen atoms in total. The lowest BCUT2D eigenvalue weighted by Gasteiger charge is -2.44. The first-order chi connectivity index (χ1) is 19.9. The van der Waals surface area contributed by atoms with Crippen molar-refractivity contribution in [3.05, 3.63) is 57.1 Å². The second-order valence-corrected chi connectivity index (χ2v) is 13.0. The molecule has 2 saturated heterocycles. The normalized spacial score (nSPS) is 29.3. The molecule has 2 aromatic heterocycles. The fourth-order valence-electron chi connectivity index (χ4n) is 7.44. The summed E-state index contributed by atoms with van der Waals surface area (Å²) < 4.78 is 18.6. The van der Waals surface area contributed by atoms with Gasteiger partial charge < -0.3 is 10.6 Å². The summed E-state index contributed by atoms with van der Waals surface area (Å²) in [5.74, 6) is 0.890. The van der Waals surface area contributed by atoms with Crippen molar-refractivity contribution >= 4 is 23.2 Å². The Morgan fingerprint density at radius 2 is 1.85 bits per heavy atom. The van der Waals surface area contributed by atoms with E-state index < -0.39 is 5.82 Å². The lowest BCUT2D eigenvalue weighted by atomic mass is 9.71. The second-order valence-electron chi connectivity index (χ2n) is 12.2. The predicted octanol–water partition coefficient (Wildman–Crippen LogP) is 5.81. The summed E-state index contributed by atoms with van der Waals surface area (Å²) in [6, 6.07) is 5.55. The van der Waals surface area contributed by atoms with Gasteiger partial charge in [0.2, 0.25) is 0 Å². The summed E-state index contributed by atoms with van der Waals surface area (Å²) in [5, 5.41) is 15.7. The minimum atomic E-state index is -0.668. The van der Waals surface area contributed by atoms with Gasteiger partial charge in [0, 0.05) is 24.2 Å². The molecule has 0 spiro atoms. The highest BCUT2D eigenvalue weighted by Crippen LogP contribution is 2.41. The highest BCUT2D eigenvalue weighted by molar-refractivity contribution is 6.31. The van der Waals surface area contributed by atoms with Gasteiger partial charge in [0.25, 0.3) is 5.56 Å². The van der Waals surface area contributed by atoms with Gasteiger partial charge in [0.05, 0.1) is 34.5 Å². The Labute approximate surface area is 250 Å². The fraction of sp³-hybridized carbons (Fsp3) is 0.600. The van der Waals surface area contributed by atoms with Crippen LogP contribution in [0.25, 0.3) is 16.9 Å². The number of aromatic nitrogens is 5. The van der Waals surface area contributed by atoms with E-state index >= 15 is 4.39 Å². The monoisotopic (exact) mass is 601 g/mol. The van der Waals surface area contributed by atoms with Crippen LogP contribution in [0, 0.1) is 23.6 Å². The van der Waals surface area contributed by atoms with Crippen LogP contribution in [0.2, 0.25) is 10.2 Å². The van der Waals surface area contributed by atoms with Crippen LogP contribution >= 0.6 is 23.2 Å². The third-order valence-electron chi connectivity index (χ3n) is 9.47.